The first-order valence-corrected chi connectivity index (χ1v) is 8.57. The molecule has 0 fully saturated rings. The van der Waals surface area contributed by atoms with Gasteiger partial charge in [0.2, 0.25) is 5.91 Å². The Morgan fingerprint density at radius 2 is 2.09 bits per heavy atom. The zero-order chi connectivity index (χ0) is 16.1. The molecule has 0 radical (unpaired) electrons. The van der Waals surface area contributed by atoms with Crippen LogP contribution in [0.5, 0.6) is 0 Å². The number of hydrogen-bond acceptors (Lipinski definition) is 3. The van der Waals surface area contributed by atoms with Crippen LogP contribution in [0.25, 0.3) is 0 Å². The minimum atomic E-state index is -0.274. The fourth-order valence-corrected chi connectivity index (χ4v) is 3.36. The molecule has 118 valence electrons. The predicted molar refractivity (Wildman–Crippen MR) is 91.3 cm³/mol. The minimum Gasteiger partial charge on any atom is -0.348 e. The monoisotopic (exact) mass is 384 g/mol. The van der Waals surface area contributed by atoms with Gasteiger partial charge in [0.15, 0.2) is 0 Å². The average molecular weight is 385 g/mol. The predicted octanol–water partition coefficient (Wildman–Crippen LogP) is 3.96. The molecule has 1 atom stereocenters. The van der Waals surface area contributed by atoms with Gasteiger partial charge >= 0.3 is 0 Å². The van der Waals surface area contributed by atoms with Gasteiger partial charge in [-0.2, -0.15) is 0 Å². The number of rotatable bonds is 6. The second-order valence-corrected chi connectivity index (χ2v) is 7.56. The number of likely N-dealkylation sites (N-methyl/N-ethyl adjacent to an activating group) is 1. The number of hydrogen-bond donors (Lipinski definition) is 1. The van der Waals surface area contributed by atoms with Crippen LogP contribution in [0.3, 0.4) is 0 Å². The Labute approximate surface area is 142 Å². The van der Waals surface area contributed by atoms with Crippen molar-refractivity contribution in [2.75, 3.05) is 13.6 Å². The number of thiophene rings is 1. The van der Waals surface area contributed by atoms with E-state index in [-0.39, 0.29) is 17.8 Å². The molecule has 2 aromatic rings. The van der Waals surface area contributed by atoms with Gasteiger partial charge in [0.1, 0.15) is 5.82 Å². The maximum Gasteiger partial charge on any atom is 0.234 e. The molecule has 1 aromatic carbocycles. The summed E-state index contributed by atoms with van der Waals surface area (Å²) in [7, 11) is 1.91. The zero-order valence-electron chi connectivity index (χ0n) is 12.5. The Kier molecular flexibility index (Phi) is 6.11. The van der Waals surface area contributed by atoms with Gasteiger partial charge in [-0.05, 0) is 64.6 Å². The Morgan fingerprint density at radius 3 is 2.68 bits per heavy atom. The van der Waals surface area contributed by atoms with Crippen LogP contribution in [0.15, 0.2) is 39.5 Å². The minimum absolute atomic E-state index is 0.0476. The number of amides is 1. The van der Waals surface area contributed by atoms with E-state index in [0.717, 1.165) is 15.9 Å². The van der Waals surface area contributed by atoms with E-state index < -0.39 is 0 Å². The lowest BCUT2D eigenvalue weighted by Crippen LogP contribution is -2.36. The summed E-state index contributed by atoms with van der Waals surface area (Å²) in [6.07, 6.45) is 0. The highest BCUT2D eigenvalue weighted by atomic mass is 79.9. The van der Waals surface area contributed by atoms with Crippen LogP contribution in [-0.4, -0.2) is 24.4 Å². The molecule has 6 heteroatoms. The Balaban J connectivity index is 1.82. The number of benzene rings is 1. The third-order valence-corrected chi connectivity index (χ3v) is 4.79. The molecule has 0 aliphatic heterocycles. The standard InChI is InChI=1S/C16H18BrFN2OS/c1-11(13-3-5-14(18)6-4-13)19-16(21)9-20(2)8-12-7-15(17)22-10-12/h3-7,10-11H,8-9H2,1-2H3,(H,19,21)/t11-/m0/s1. The van der Waals surface area contributed by atoms with Crippen LogP contribution < -0.4 is 5.32 Å². The molecule has 0 spiro atoms. The van der Waals surface area contributed by atoms with Gasteiger partial charge in [0, 0.05) is 6.54 Å². The van der Waals surface area contributed by atoms with E-state index in [9.17, 15) is 9.18 Å². The first kappa shape index (κ1) is 17.1. The summed E-state index contributed by atoms with van der Waals surface area (Å²) in [5, 5.41) is 5.00. The van der Waals surface area contributed by atoms with Crippen molar-refractivity contribution >= 4 is 33.2 Å². The quantitative estimate of drug-likeness (QED) is 0.817. The summed E-state index contributed by atoms with van der Waals surface area (Å²) < 4.78 is 14.0. The van der Waals surface area contributed by atoms with Crippen molar-refractivity contribution in [1.29, 1.82) is 0 Å². The van der Waals surface area contributed by atoms with Crippen molar-refractivity contribution in [1.82, 2.24) is 10.2 Å². The lowest BCUT2D eigenvalue weighted by molar-refractivity contribution is -0.122. The topological polar surface area (TPSA) is 32.3 Å². The van der Waals surface area contributed by atoms with Crippen LogP contribution in [0.1, 0.15) is 24.1 Å². The number of nitrogens with zero attached hydrogens (tertiary/aromatic N) is 1. The van der Waals surface area contributed by atoms with Crippen LogP contribution in [0, 0.1) is 5.82 Å². The van der Waals surface area contributed by atoms with Crippen molar-refractivity contribution in [3.05, 3.63) is 56.4 Å². The molecule has 0 saturated heterocycles. The average Bonchev–Trinajstić information content (AvgIpc) is 2.84. The third kappa shape index (κ3) is 5.19. The van der Waals surface area contributed by atoms with E-state index in [4.69, 9.17) is 0 Å². The molecule has 0 aliphatic carbocycles. The molecular weight excluding hydrogens is 367 g/mol. The highest BCUT2D eigenvalue weighted by Crippen LogP contribution is 2.21. The largest absolute Gasteiger partial charge is 0.348 e. The summed E-state index contributed by atoms with van der Waals surface area (Å²) in [5.41, 5.74) is 2.07. The van der Waals surface area contributed by atoms with E-state index >= 15 is 0 Å². The first-order chi connectivity index (χ1) is 10.4. The normalized spacial score (nSPS) is 12.4. The Hall–Kier alpha value is -1.24. The summed E-state index contributed by atoms with van der Waals surface area (Å²) >= 11 is 5.06. The van der Waals surface area contributed by atoms with Crippen LogP contribution in [-0.2, 0) is 11.3 Å². The number of halogens is 2. The van der Waals surface area contributed by atoms with Crippen molar-refractivity contribution in [3.63, 3.8) is 0 Å². The van der Waals surface area contributed by atoms with Gasteiger partial charge in [0.25, 0.3) is 0 Å². The summed E-state index contributed by atoms with van der Waals surface area (Å²) in [5.74, 6) is -0.322. The highest BCUT2D eigenvalue weighted by Gasteiger charge is 2.12. The van der Waals surface area contributed by atoms with E-state index in [1.807, 2.05) is 18.9 Å². The molecule has 1 amide bonds. The van der Waals surface area contributed by atoms with E-state index in [1.165, 1.54) is 17.7 Å². The molecule has 3 nitrogen and oxygen atoms in total. The summed E-state index contributed by atoms with van der Waals surface area (Å²) in [6.45, 7) is 2.93. The van der Waals surface area contributed by atoms with Crippen molar-refractivity contribution in [2.45, 2.75) is 19.5 Å². The van der Waals surface area contributed by atoms with Gasteiger partial charge in [-0.25, -0.2) is 4.39 Å². The van der Waals surface area contributed by atoms with Crippen LogP contribution in [0.2, 0.25) is 0 Å². The smallest absolute Gasteiger partial charge is 0.234 e. The molecule has 1 N–H and O–H groups in total. The highest BCUT2D eigenvalue weighted by molar-refractivity contribution is 9.11. The second-order valence-electron chi connectivity index (χ2n) is 5.27. The molecular formula is C16H18BrFN2OS. The van der Waals surface area contributed by atoms with E-state index in [2.05, 4.69) is 32.7 Å². The van der Waals surface area contributed by atoms with Gasteiger partial charge in [-0.15, -0.1) is 11.3 Å². The lowest BCUT2D eigenvalue weighted by atomic mass is 10.1. The van der Waals surface area contributed by atoms with Gasteiger partial charge in [-0.3, -0.25) is 9.69 Å². The zero-order valence-corrected chi connectivity index (χ0v) is 14.9. The van der Waals surface area contributed by atoms with Gasteiger partial charge < -0.3 is 5.32 Å². The van der Waals surface area contributed by atoms with Crippen LogP contribution >= 0.6 is 27.3 Å². The fraction of sp³-hybridized carbons (Fsp3) is 0.312. The Morgan fingerprint density at radius 1 is 1.41 bits per heavy atom. The molecule has 22 heavy (non-hydrogen) atoms. The molecule has 0 unspecified atom stereocenters. The maximum absolute atomic E-state index is 12.9. The first-order valence-electron chi connectivity index (χ1n) is 6.90. The molecule has 0 bridgehead atoms. The molecule has 1 aromatic heterocycles. The van der Waals surface area contributed by atoms with Crippen LogP contribution in [0.4, 0.5) is 4.39 Å². The number of carbonyl (C=O) groups is 1. The lowest BCUT2D eigenvalue weighted by Gasteiger charge is -2.19. The van der Waals surface area contributed by atoms with E-state index in [0.29, 0.717) is 6.54 Å². The van der Waals surface area contributed by atoms with Crippen molar-refractivity contribution in [3.8, 4) is 0 Å². The maximum atomic E-state index is 12.9. The molecule has 2 rings (SSSR count). The molecule has 1 heterocycles. The molecule has 0 saturated carbocycles. The summed E-state index contributed by atoms with van der Waals surface area (Å²) in [4.78, 5) is 14.0. The molecule has 0 aliphatic rings. The van der Waals surface area contributed by atoms with Crippen molar-refractivity contribution in [2.24, 2.45) is 0 Å². The number of carbonyl (C=O) groups excluding carboxylic acids is 1. The van der Waals surface area contributed by atoms with Gasteiger partial charge in [-0.1, -0.05) is 12.1 Å². The Bertz CT molecular complexity index is 629. The van der Waals surface area contributed by atoms with E-state index in [1.54, 1.807) is 23.5 Å². The third-order valence-electron chi connectivity index (χ3n) is 3.24. The van der Waals surface area contributed by atoms with Crippen molar-refractivity contribution < 1.29 is 9.18 Å². The fourth-order valence-electron chi connectivity index (χ4n) is 2.16. The number of nitrogens with one attached hydrogen (secondary N) is 1. The summed E-state index contributed by atoms with van der Waals surface area (Å²) in [6, 6.07) is 8.09. The van der Waals surface area contributed by atoms with Gasteiger partial charge in [0.05, 0.1) is 16.4 Å². The second kappa shape index (κ2) is 7.85. The SMILES string of the molecule is C[C@H](NC(=O)CN(C)Cc1csc(Br)c1)c1ccc(F)cc1.